The largest absolute Gasteiger partial charge is 0.388 e. The molecule has 0 radical (unpaired) electrons. The van der Waals surface area contributed by atoms with Gasteiger partial charge in [-0.2, -0.15) is 0 Å². The van der Waals surface area contributed by atoms with Crippen molar-refractivity contribution < 1.29 is 0 Å². The average molecular weight is 263 g/mol. The Morgan fingerprint density at radius 1 is 1.19 bits per heavy atom. The van der Waals surface area contributed by atoms with Gasteiger partial charge in [-0.1, -0.05) is 12.8 Å². The quantitative estimate of drug-likeness (QED) is 0.874. The monoisotopic (exact) mass is 262 g/mol. The number of aryl methyl sites for hydroxylation is 1. The number of rotatable bonds is 2. The number of hydrogen-bond acceptors (Lipinski definition) is 2. The Balaban J connectivity index is 0.00000112. The van der Waals surface area contributed by atoms with Crippen molar-refractivity contribution in [3.8, 4) is 0 Å². The first-order valence-corrected chi connectivity index (χ1v) is 5.46. The summed E-state index contributed by atoms with van der Waals surface area (Å²) < 4.78 is 0. The smallest absolute Gasteiger partial charge is 0.0458 e. The molecule has 1 aliphatic carbocycles. The predicted octanol–water partition coefficient (Wildman–Crippen LogP) is 3.93. The second-order valence-corrected chi connectivity index (χ2v) is 4.15. The van der Waals surface area contributed by atoms with Gasteiger partial charge in [0, 0.05) is 30.0 Å². The molecule has 1 saturated carbocycles. The number of nitrogens with one attached hydrogen (secondary N) is 1. The minimum atomic E-state index is 0. The van der Waals surface area contributed by atoms with Crippen LogP contribution in [0.4, 0.5) is 5.69 Å². The highest BCUT2D eigenvalue weighted by Gasteiger charge is 2.18. The summed E-state index contributed by atoms with van der Waals surface area (Å²) in [6.45, 7) is 2.07. The summed E-state index contributed by atoms with van der Waals surface area (Å²) in [4.78, 5) is 4.62. The van der Waals surface area contributed by atoms with Gasteiger partial charge >= 0.3 is 0 Å². The van der Waals surface area contributed by atoms with Gasteiger partial charge in [-0.15, -0.1) is 24.8 Å². The van der Waals surface area contributed by atoms with E-state index in [2.05, 4.69) is 29.4 Å². The van der Waals surface area contributed by atoms with Gasteiger partial charge in [-0.05, 0) is 31.9 Å². The molecule has 1 heterocycles. The summed E-state index contributed by atoms with van der Waals surface area (Å²) in [6.07, 6.45) is 5.38. The Morgan fingerprint density at radius 2 is 1.81 bits per heavy atom. The van der Waals surface area contributed by atoms with Crippen LogP contribution in [0, 0.1) is 6.92 Å². The molecular formula is C12H20Cl2N2. The Kier molecular flexibility index (Phi) is 6.77. The molecule has 92 valence electrons. The summed E-state index contributed by atoms with van der Waals surface area (Å²) >= 11 is 0. The standard InChI is InChI=1S/C12H18N2.2ClH/c1-9-7-11(13-2)8-12(14-9)10-5-3-4-6-10;;/h7-8,10H,3-6H2,1-2H3,(H,13,14);2*1H. The molecule has 4 heteroatoms. The van der Waals surface area contributed by atoms with E-state index in [4.69, 9.17) is 0 Å². The van der Waals surface area contributed by atoms with Crippen LogP contribution in [0.3, 0.4) is 0 Å². The van der Waals surface area contributed by atoms with E-state index in [1.807, 2.05) is 7.05 Å². The first kappa shape index (κ1) is 15.5. The first-order chi connectivity index (χ1) is 6.79. The van der Waals surface area contributed by atoms with Crippen LogP contribution in [0.1, 0.15) is 43.0 Å². The summed E-state index contributed by atoms with van der Waals surface area (Å²) in [5, 5.41) is 3.19. The van der Waals surface area contributed by atoms with Gasteiger partial charge in [0.1, 0.15) is 0 Å². The van der Waals surface area contributed by atoms with Crippen molar-refractivity contribution in [1.29, 1.82) is 0 Å². The molecule has 0 amide bonds. The van der Waals surface area contributed by atoms with E-state index in [9.17, 15) is 0 Å². The molecular weight excluding hydrogens is 243 g/mol. The van der Waals surface area contributed by atoms with E-state index in [0.717, 1.165) is 5.69 Å². The second kappa shape index (κ2) is 6.97. The molecule has 0 atom stereocenters. The minimum Gasteiger partial charge on any atom is -0.388 e. The average Bonchev–Trinajstić information content (AvgIpc) is 2.69. The van der Waals surface area contributed by atoms with Crippen LogP contribution in [0.2, 0.25) is 0 Å². The topological polar surface area (TPSA) is 24.9 Å². The molecule has 0 aromatic carbocycles. The van der Waals surface area contributed by atoms with Crippen molar-refractivity contribution in [2.45, 2.75) is 38.5 Å². The lowest BCUT2D eigenvalue weighted by atomic mass is 10.0. The number of nitrogens with zero attached hydrogens (tertiary/aromatic N) is 1. The second-order valence-electron chi connectivity index (χ2n) is 4.15. The van der Waals surface area contributed by atoms with Crippen LogP contribution >= 0.6 is 24.8 Å². The molecule has 0 aliphatic heterocycles. The van der Waals surface area contributed by atoms with E-state index in [0.29, 0.717) is 5.92 Å². The van der Waals surface area contributed by atoms with Gasteiger partial charge in [0.25, 0.3) is 0 Å². The van der Waals surface area contributed by atoms with Gasteiger partial charge in [0.05, 0.1) is 0 Å². The van der Waals surface area contributed by atoms with Crippen LogP contribution in [0.5, 0.6) is 0 Å². The van der Waals surface area contributed by atoms with Crippen molar-refractivity contribution in [2.24, 2.45) is 0 Å². The highest BCUT2D eigenvalue weighted by molar-refractivity contribution is 5.85. The predicted molar refractivity (Wildman–Crippen MR) is 74.2 cm³/mol. The van der Waals surface area contributed by atoms with Crippen molar-refractivity contribution in [1.82, 2.24) is 4.98 Å². The summed E-state index contributed by atoms with van der Waals surface area (Å²) in [6, 6.07) is 4.29. The normalized spacial score (nSPS) is 15.1. The van der Waals surface area contributed by atoms with Crippen LogP contribution in [-0.4, -0.2) is 12.0 Å². The molecule has 16 heavy (non-hydrogen) atoms. The van der Waals surface area contributed by atoms with Gasteiger partial charge < -0.3 is 5.32 Å². The fourth-order valence-corrected chi connectivity index (χ4v) is 2.27. The molecule has 1 aromatic heterocycles. The summed E-state index contributed by atoms with van der Waals surface area (Å²) in [7, 11) is 1.97. The fourth-order valence-electron chi connectivity index (χ4n) is 2.27. The molecule has 0 spiro atoms. The molecule has 0 unspecified atom stereocenters. The van der Waals surface area contributed by atoms with Crippen LogP contribution in [0.25, 0.3) is 0 Å². The van der Waals surface area contributed by atoms with Crippen LogP contribution in [-0.2, 0) is 0 Å². The van der Waals surface area contributed by atoms with Crippen molar-refractivity contribution in [3.63, 3.8) is 0 Å². The zero-order valence-corrected chi connectivity index (χ0v) is 11.5. The summed E-state index contributed by atoms with van der Waals surface area (Å²) in [5.74, 6) is 0.710. The third kappa shape index (κ3) is 3.53. The number of pyridine rings is 1. The molecule has 1 aromatic rings. The molecule has 1 fully saturated rings. The van der Waals surface area contributed by atoms with E-state index in [1.165, 1.54) is 37.1 Å². The zero-order valence-electron chi connectivity index (χ0n) is 9.82. The van der Waals surface area contributed by atoms with E-state index >= 15 is 0 Å². The van der Waals surface area contributed by atoms with E-state index < -0.39 is 0 Å². The molecule has 0 bridgehead atoms. The van der Waals surface area contributed by atoms with Crippen molar-refractivity contribution >= 4 is 30.5 Å². The fraction of sp³-hybridized carbons (Fsp3) is 0.583. The number of anilines is 1. The molecule has 1 N–H and O–H groups in total. The van der Waals surface area contributed by atoms with E-state index in [-0.39, 0.29) is 24.8 Å². The maximum absolute atomic E-state index is 4.62. The number of aromatic nitrogens is 1. The van der Waals surface area contributed by atoms with Crippen molar-refractivity contribution in [3.05, 3.63) is 23.5 Å². The lowest BCUT2D eigenvalue weighted by Gasteiger charge is -2.11. The Morgan fingerprint density at radius 3 is 2.38 bits per heavy atom. The SMILES string of the molecule is CNc1cc(C)nc(C2CCCC2)c1.Cl.Cl. The maximum atomic E-state index is 4.62. The van der Waals surface area contributed by atoms with Crippen LogP contribution in [0.15, 0.2) is 12.1 Å². The molecule has 1 aliphatic rings. The molecule has 2 rings (SSSR count). The third-order valence-electron chi connectivity index (χ3n) is 3.04. The lowest BCUT2D eigenvalue weighted by molar-refractivity contribution is 0.695. The Labute approximate surface area is 110 Å². The highest BCUT2D eigenvalue weighted by Crippen LogP contribution is 2.33. The molecule has 2 nitrogen and oxygen atoms in total. The Hall–Kier alpha value is -0.470. The van der Waals surface area contributed by atoms with Gasteiger partial charge in [-0.3, -0.25) is 4.98 Å². The number of halogens is 2. The lowest BCUT2D eigenvalue weighted by Crippen LogP contribution is -2.00. The Bertz CT molecular complexity index is 323. The third-order valence-corrected chi connectivity index (χ3v) is 3.04. The van der Waals surface area contributed by atoms with Crippen molar-refractivity contribution in [2.75, 3.05) is 12.4 Å². The van der Waals surface area contributed by atoms with Crippen LogP contribution < -0.4 is 5.32 Å². The minimum absolute atomic E-state index is 0. The highest BCUT2D eigenvalue weighted by atomic mass is 35.5. The van der Waals surface area contributed by atoms with Gasteiger partial charge in [-0.25, -0.2) is 0 Å². The van der Waals surface area contributed by atoms with E-state index in [1.54, 1.807) is 0 Å². The van der Waals surface area contributed by atoms with Gasteiger partial charge in [0.15, 0.2) is 0 Å². The number of hydrogen-bond donors (Lipinski definition) is 1. The van der Waals surface area contributed by atoms with Gasteiger partial charge in [0.2, 0.25) is 0 Å². The first-order valence-electron chi connectivity index (χ1n) is 5.46. The zero-order chi connectivity index (χ0) is 9.97. The maximum Gasteiger partial charge on any atom is 0.0458 e. The molecule has 0 saturated heterocycles. The summed E-state index contributed by atoms with van der Waals surface area (Å²) in [5.41, 5.74) is 3.60.